The molecule has 1 atom stereocenters. The first-order valence-corrected chi connectivity index (χ1v) is 8.42. The van der Waals surface area contributed by atoms with Gasteiger partial charge in [0.25, 0.3) is 0 Å². The van der Waals surface area contributed by atoms with Crippen molar-refractivity contribution in [1.82, 2.24) is 4.31 Å². The second kappa shape index (κ2) is 4.55. The smallest absolute Gasteiger partial charge is 0.220 e. The highest BCUT2D eigenvalue weighted by atomic mass is 32.2. The number of sulfonamides is 1. The molecule has 1 heterocycles. The number of thiocarbonyl (C=S) groups is 1. The first kappa shape index (κ1) is 13.8. The quantitative estimate of drug-likeness (QED) is 0.647. The summed E-state index contributed by atoms with van der Waals surface area (Å²) in [5.41, 5.74) is 5.18. The standard InChI is InChI=1S/C7H14N2O4S3/c1-9(16(12,13)5-7(8)14)6-2-3-15(10,11)4-6/h6H,2-5H2,1H3,(H2,8,14). The van der Waals surface area contributed by atoms with E-state index in [0.717, 1.165) is 4.31 Å². The molecule has 1 rings (SSSR count). The molecule has 0 aromatic heterocycles. The molecular formula is C7H14N2O4S3. The molecule has 6 nitrogen and oxygen atoms in total. The molecule has 0 spiro atoms. The van der Waals surface area contributed by atoms with Gasteiger partial charge in [-0.05, 0) is 6.42 Å². The van der Waals surface area contributed by atoms with E-state index in [2.05, 4.69) is 12.2 Å². The van der Waals surface area contributed by atoms with Crippen molar-refractivity contribution in [3.63, 3.8) is 0 Å². The Labute approximate surface area is 101 Å². The van der Waals surface area contributed by atoms with E-state index in [1.165, 1.54) is 7.05 Å². The monoisotopic (exact) mass is 286 g/mol. The lowest BCUT2D eigenvalue weighted by Gasteiger charge is -2.22. The van der Waals surface area contributed by atoms with Crippen molar-refractivity contribution < 1.29 is 16.8 Å². The molecule has 16 heavy (non-hydrogen) atoms. The molecule has 0 aliphatic carbocycles. The Morgan fingerprint density at radius 3 is 2.50 bits per heavy atom. The number of nitrogens with zero attached hydrogens (tertiary/aromatic N) is 1. The zero-order valence-corrected chi connectivity index (χ0v) is 11.2. The molecule has 2 N–H and O–H groups in total. The highest BCUT2D eigenvalue weighted by molar-refractivity contribution is 7.92. The van der Waals surface area contributed by atoms with E-state index in [-0.39, 0.29) is 16.5 Å². The predicted octanol–water partition coefficient (Wildman–Crippen LogP) is -1.28. The van der Waals surface area contributed by atoms with Crippen molar-refractivity contribution in [2.75, 3.05) is 24.3 Å². The normalized spacial score (nSPS) is 24.8. The third-order valence-electron chi connectivity index (χ3n) is 2.49. The van der Waals surface area contributed by atoms with Gasteiger partial charge in [-0.2, -0.15) is 0 Å². The lowest BCUT2D eigenvalue weighted by Crippen LogP contribution is -2.41. The summed E-state index contributed by atoms with van der Waals surface area (Å²) in [4.78, 5) is -0.118. The van der Waals surface area contributed by atoms with Crippen LogP contribution in [0.2, 0.25) is 0 Å². The van der Waals surface area contributed by atoms with E-state index in [9.17, 15) is 16.8 Å². The van der Waals surface area contributed by atoms with Crippen LogP contribution in [-0.2, 0) is 19.9 Å². The first-order chi connectivity index (χ1) is 7.14. The highest BCUT2D eigenvalue weighted by Gasteiger charge is 2.35. The van der Waals surface area contributed by atoms with Crippen LogP contribution in [0.5, 0.6) is 0 Å². The Kier molecular flexibility index (Phi) is 3.93. The Bertz CT molecular complexity index is 482. The molecule has 0 radical (unpaired) electrons. The third kappa shape index (κ3) is 3.37. The summed E-state index contributed by atoms with van der Waals surface area (Å²) in [7, 11) is -5.33. The zero-order valence-electron chi connectivity index (χ0n) is 8.79. The van der Waals surface area contributed by atoms with Crippen LogP contribution in [0.1, 0.15) is 6.42 Å². The fraction of sp³-hybridized carbons (Fsp3) is 0.857. The van der Waals surface area contributed by atoms with Gasteiger partial charge < -0.3 is 5.73 Å². The summed E-state index contributed by atoms with van der Waals surface area (Å²) >= 11 is 4.54. The van der Waals surface area contributed by atoms with Gasteiger partial charge in [0.1, 0.15) is 5.75 Å². The van der Waals surface area contributed by atoms with Crippen molar-refractivity contribution in [2.45, 2.75) is 12.5 Å². The molecule has 0 saturated carbocycles. The van der Waals surface area contributed by atoms with Crippen LogP contribution < -0.4 is 5.73 Å². The van der Waals surface area contributed by atoms with Gasteiger partial charge in [-0.25, -0.2) is 21.1 Å². The van der Waals surface area contributed by atoms with Gasteiger partial charge in [0, 0.05) is 13.1 Å². The summed E-state index contributed by atoms with van der Waals surface area (Å²) in [5, 5.41) is 0. The van der Waals surface area contributed by atoms with Crippen molar-refractivity contribution in [1.29, 1.82) is 0 Å². The molecule has 0 amide bonds. The van der Waals surface area contributed by atoms with Crippen LogP contribution in [-0.4, -0.2) is 56.5 Å². The summed E-state index contributed by atoms with van der Waals surface area (Å²) < 4.78 is 46.9. The average molecular weight is 286 g/mol. The van der Waals surface area contributed by atoms with Gasteiger partial charge in [-0.1, -0.05) is 12.2 Å². The van der Waals surface area contributed by atoms with E-state index < -0.39 is 31.7 Å². The first-order valence-electron chi connectivity index (χ1n) is 4.58. The Hall–Kier alpha value is -0.250. The maximum atomic E-state index is 11.7. The molecule has 1 aliphatic heterocycles. The topological polar surface area (TPSA) is 97.5 Å². The molecule has 1 fully saturated rings. The van der Waals surface area contributed by atoms with Crippen molar-refractivity contribution in [2.24, 2.45) is 5.73 Å². The number of rotatable bonds is 4. The van der Waals surface area contributed by atoms with Gasteiger partial charge in [0.2, 0.25) is 10.0 Å². The maximum absolute atomic E-state index is 11.7. The van der Waals surface area contributed by atoms with Gasteiger partial charge in [-0.15, -0.1) is 0 Å². The molecule has 94 valence electrons. The van der Waals surface area contributed by atoms with Crippen LogP contribution in [0.4, 0.5) is 0 Å². The van der Waals surface area contributed by atoms with Crippen molar-refractivity contribution in [3.8, 4) is 0 Å². The Balaban J connectivity index is 2.80. The lowest BCUT2D eigenvalue weighted by molar-refractivity contribution is 0.396. The van der Waals surface area contributed by atoms with Crippen molar-refractivity contribution in [3.05, 3.63) is 0 Å². The number of nitrogens with two attached hydrogens (primary N) is 1. The van der Waals surface area contributed by atoms with Crippen LogP contribution >= 0.6 is 12.2 Å². The highest BCUT2D eigenvalue weighted by Crippen LogP contribution is 2.19. The number of hydrogen-bond donors (Lipinski definition) is 1. The van der Waals surface area contributed by atoms with E-state index in [1.807, 2.05) is 0 Å². The van der Waals surface area contributed by atoms with Gasteiger partial charge >= 0.3 is 0 Å². The summed E-state index contributed by atoms with van der Waals surface area (Å²) in [5.74, 6) is -0.514. The largest absolute Gasteiger partial charge is 0.392 e. The van der Waals surface area contributed by atoms with Crippen molar-refractivity contribution >= 4 is 37.1 Å². The number of sulfone groups is 1. The lowest BCUT2D eigenvalue weighted by atomic mass is 10.3. The molecule has 9 heteroatoms. The SMILES string of the molecule is CN(C1CCS(=O)(=O)C1)S(=O)(=O)CC(N)=S. The zero-order chi connectivity index (χ0) is 12.6. The molecular weight excluding hydrogens is 272 g/mol. The fourth-order valence-electron chi connectivity index (χ4n) is 1.57. The summed E-state index contributed by atoms with van der Waals surface area (Å²) in [6.07, 6.45) is 0.329. The van der Waals surface area contributed by atoms with Gasteiger partial charge in [-0.3, -0.25) is 0 Å². The molecule has 1 unspecified atom stereocenters. The minimum absolute atomic E-state index is 0.0323. The second-order valence-electron chi connectivity index (χ2n) is 3.80. The van der Waals surface area contributed by atoms with Gasteiger partial charge in [0.05, 0.1) is 16.5 Å². The molecule has 0 aromatic rings. The maximum Gasteiger partial charge on any atom is 0.220 e. The van der Waals surface area contributed by atoms with E-state index >= 15 is 0 Å². The van der Waals surface area contributed by atoms with Gasteiger partial charge in [0.15, 0.2) is 9.84 Å². The molecule has 0 bridgehead atoms. The van der Waals surface area contributed by atoms with E-state index in [0.29, 0.717) is 6.42 Å². The van der Waals surface area contributed by atoms with Crippen LogP contribution in [0.3, 0.4) is 0 Å². The number of hydrogen-bond acceptors (Lipinski definition) is 5. The molecule has 0 aromatic carbocycles. The van der Waals surface area contributed by atoms with E-state index in [4.69, 9.17) is 5.73 Å². The molecule has 1 aliphatic rings. The van der Waals surface area contributed by atoms with Crippen LogP contribution in [0.15, 0.2) is 0 Å². The summed E-state index contributed by atoms with van der Waals surface area (Å²) in [6, 6.07) is -0.496. The second-order valence-corrected chi connectivity index (χ2v) is 8.58. The fourth-order valence-corrected chi connectivity index (χ4v) is 5.08. The Morgan fingerprint density at radius 2 is 2.12 bits per heavy atom. The summed E-state index contributed by atoms with van der Waals surface area (Å²) in [6.45, 7) is 0. The third-order valence-corrected chi connectivity index (χ3v) is 6.41. The van der Waals surface area contributed by atoms with E-state index in [1.54, 1.807) is 0 Å². The van der Waals surface area contributed by atoms with Crippen LogP contribution in [0, 0.1) is 0 Å². The molecule has 1 saturated heterocycles. The predicted molar refractivity (Wildman–Crippen MR) is 65.4 cm³/mol. The minimum Gasteiger partial charge on any atom is -0.392 e. The average Bonchev–Trinajstić information content (AvgIpc) is 2.42. The minimum atomic E-state index is -3.59. The van der Waals surface area contributed by atoms with Crippen LogP contribution in [0.25, 0.3) is 0 Å². The Morgan fingerprint density at radius 1 is 1.56 bits per heavy atom.